The minimum Gasteiger partial charge on any atom is -0.319 e. The molecule has 2 heterocycles. The first-order chi connectivity index (χ1) is 12.8. The van der Waals surface area contributed by atoms with Gasteiger partial charge in [-0.1, -0.05) is 66.7 Å². The Hall–Kier alpha value is -3.28. The fourth-order valence-electron chi connectivity index (χ4n) is 3.26. The summed E-state index contributed by atoms with van der Waals surface area (Å²) in [5.41, 5.74) is 5.59. The van der Waals surface area contributed by atoms with Crippen molar-refractivity contribution in [2.24, 2.45) is 0 Å². The van der Waals surface area contributed by atoms with Crippen LogP contribution in [0.5, 0.6) is 0 Å². The van der Waals surface area contributed by atoms with Crippen molar-refractivity contribution in [1.82, 2.24) is 30.2 Å². The second-order valence-electron chi connectivity index (χ2n) is 6.17. The van der Waals surface area contributed by atoms with Crippen LogP contribution in [0.25, 0.3) is 22.5 Å². The molecule has 0 aliphatic rings. The quantitative estimate of drug-likeness (QED) is 0.596. The predicted molar refractivity (Wildman–Crippen MR) is 100 cm³/mol. The second kappa shape index (κ2) is 6.92. The third-order valence-electron chi connectivity index (χ3n) is 4.65. The first kappa shape index (κ1) is 16.2. The molecule has 0 saturated carbocycles. The molecule has 0 unspecified atom stereocenters. The molecule has 26 heavy (non-hydrogen) atoms. The number of imidazole rings is 1. The van der Waals surface area contributed by atoms with Crippen molar-refractivity contribution in [2.75, 3.05) is 0 Å². The highest BCUT2D eigenvalue weighted by atomic mass is 15.5. The Labute approximate surface area is 151 Å². The molecule has 0 saturated heterocycles. The standard InChI is InChI=1S/C20H20N6/c1-3-15-9-7-8-12-17(15)19-18(16-10-5-4-6-11-16)21-13-26(19)14(2)20-22-24-25-23-20/h4-14H,3H2,1-2H3,(H,22,23,24,25)/t14-/m0/s1. The average Bonchev–Trinajstić information content (AvgIpc) is 3.38. The lowest BCUT2D eigenvalue weighted by atomic mass is 9.98. The van der Waals surface area contributed by atoms with Crippen molar-refractivity contribution < 1.29 is 0 Å². The Morgan fingerprint density at radius 1 is 1.04 bits per heavy atom. The highest BCUT2D eigenvalue weighted by molar-refractivity contribution is 5.80. The van der Waals surface area contributed by atoms with Gasteiger partial charge in [0.2, 0.25) is 0 Å². The molecule has 0 bridgehead atoms. The summed E-state index contributed by atoms with van der Waals surface area (Å²) < 4.78 is 2.13. The SMILES string of the molecule is CCc1ccccc1-c1c(-c2ccccc2)ncn1[C@@H](C)c1nn[nH]n1. The molecule has 0 radical (unpaired) electrons. The largest absolute Gasteiger partial charge is 0.319 e. The fourth-order valence-corrected chi connectivity index (χ4v) is 3.26. The lowest BCUT2D eigenvalue weighted by Gasteiger charge is -2.17. The van der Waals surface area contributed by atoms with Gasteiger partial charge in [0.15, 0.2) is 5.82 Å². The van der Waals surface area contributed by atoms with Crippen LogP contribution in [-0.2, 0) is 6.42 Å². The summed E-state index contributed by atoms with van der Waals surface area (Å²) in [6.45, 7) is 4.23. The number of hydrogen-bond donors (Lipinski definition) is 1. The number of aryl methyl sites for hydroxylation is 1. The third kappa shape index (κ3) is 2.79. The third-order valence-corrected chi connectivity index (χ3v) is 4.65. The molecule has 6 nitrogen and oxygen atoms in total. The molecule has 2 aromatic heterocycles. The normalized spacial score (nSPS) is 12.2. The highest BCUT2D eigenvalue weighted by Gasteiger charge is 2.22. The molecular weight excluding hydrogens is 324 g/mol. The number of rotatable bonds is 5. The molecule has 1 atom stereocenters. The smallest absolute Gasteiger partial charge is 0.197 e. The summed E-state index contributed by atoms with van der Waals surface area (Å²) in [6, 6.07) is 18.6. The van der Waals surface area contributed by atoms with Crippen LogP contribution in [0, 0.1) is 0 Å². The number of nitrogens with zero attached hydrogens (tertiary/aromatic N) is 5. The number of aromatic amines is 1. The molecular formula is C20H20N6. The van der Waals surface area contributed by atoms with Gasteiger partial charge in [-0.05, 0) is 18.9 Å². The Balaban J connectivity index is 1.95. The number of H-pyrrole nitrogens is 1. The number of nitrogens with one attached hydrogen (secondary N) is 1. The van der Waals surface area contributed by atoms with Gasteiger partial charge in [0.05, 0.1) is 23.8 Å². The van der Waals surface area contributed by atoms with Gasteiger partial charge in [0.1, 0.15) is 0 Å². The van der Waals surface area contributed by atoms with Crippen LogP contribution >= 0.6 is 0 Å². The number of benzene rings is 2. The molecule has 130 valence electrons. The monoisotopic (exact) mass is 344 g/mol. The average molecular weight is 344 g/mol. The number of tetrazole rings is 1. The van der Waals surface area contributed by atoms with Gasteiger partial charge in [-0.3, -0.25) is 0 Å². The van der Waals surface area contributed by atoms with Crippen molar-refractivity contribution in [3.8, 4) is 22.5 Å². The summed E-state index contributed by atoms with van der Waals surface area (Å²) in [6.07, 6.45) is 2.82. The van der Waals surface area contributed by atoms with Gasteiger partial charge >= 0.3 is 0 Å². The zero-order chi connectivity index (χ0) is 17.9. The highest BCUT2D eigenvalue weighted by Crippen LogP contribution is 2.36. The van der Waals surface area contributed by atoms with Gasteiger partial charge in [0, 0.05) is 11.1 Å². The predicted octanol–water partition coefficient (Wildman–Crippen LogP) is 3.90. The molecule has 0 aliphatic carbocycles. The van der Waals surface area contributed by atoms with Crippen molar-refractivity contribution in [3.05, 3.63) is 72.3 Å². The molecule has 0 fully saturated rings. The van der Waals surface area contributed by atoms with Crippen LogP contribution in [0.15, 0.2) is 60.9 Å². The van der Waals surface area contributed by atoms with Crippen LogP contribution < -0.4 is 0 Å². The Kier molecular flexibility index (Phi) is 4.31. The Morgan fingerprint density at radius 2 is 1.81 bits per heavy atom. The van der Waals surface area contributed by atoms with E-state index >= 15 is 0 Å². The number of aromatic nitrogens is 6. The van der Waals surface area contributed by atoms with Crippen molar-refractivity contribution >= 4 is 0 Å². The van der Waals surface area contributed by atoms with Crippen molar-refractivity contribution in [1.29, 1.82) is 0 Å². The van der Waals surface area contributed by atoms with E-state index in [1.54, 1.807) is 0 Å². The zero-order valence-electron chi connectivity index (χ0n) is 14.8. The second-order valence-corrected chi connectivity index (χ2v) is 6.17. The van der Waals surface area contributed by atoms with Crippen molar-refractivity contribution in [2.45, 2.75) is 26.3 Å². The van der Waals surface area contributed by atoms with Crippen LogP contribution in [0.1, 0.15) is 31.3 Å². The topological polar surface area (TPSA) is 72.3 Å². The first-order valence-corrected chi connectivity index (χ1v) is 8.73. The van der Waals surface area contributed by atoms with E-state index < -0.39 is 0 Å². The van der Waals surface area contributed by atoms with Gasteiger partial charge in [0.25, 0.3) is 0 Å². The lowest BCUT2D eigenvalue weighted by molar-refractivity contribution is 0.605. The first-order valence-electron chi connectivity index (χ1n) is 8.73. The van der Waals surface area contributed by atoms with Gasteiger partial charge in [-0.15, -0.1) is 10.2 Å². The van der Waals surface area contributed by atoms with E-state index in [1.165, 1.54) is 11.1 Å². The summed E-state index contributed by atoms with van der Waals surface area (Å²) in [7, 11) is 0. The zero-order valence-corrected chi connectivity index (χ0v) is 14.8. The summed E-state index contributed by atoms with van der Waals surface area (Å²) in [5, 5.41) is 14.5. The van der Waals surface area contributed by atoms with E-state index in [9.17, 15) is 0 Å². The molecule has 6 heteroatoms. The Bertz CT molecular complexity index is 988. The van der Waals surface area contributed by atoms with E-state index in [4.69, 9.17) is 4.98 Å². The van der Waals surface area contributed by atoms with E-state index in [0.717, 1.165) is 23.4 Å². The molecule has 4 aromatic rings. The van der Waals surface area contributed by atoms with Crippen LogP contribution in [0.2, 0.25) is 0 Å². The van der Waals surface area contributed by atoms with Crippen LogP contribution in [0.3, 0.4) is 0 Å². The minimum atomic E-state index is -0.0846. The van der Waals surface area contributed by atoms with Crippen LogP contribution in [-0.4, -0.2) is 30.2 Å². The van der Waals surface area contributed by atoms with E-state index in [0.29, 0.717) is 5.82 Å². The van der Waals surface area contributed by atoms with Gasteiger partial charge in [-0.25, -0.2) is 4.98 Å². The summed E-state index contributed by atoms with van der Waals surface area (Å²) >= 11 is 0. The van der Waals surface area contributed by atoms with E-state index in [2.05, 4.69) is 75.4 Å². The maximum absolute atomic E-state index is 4.75. The molecule has 0 aliphatic heterocycles. The molecule has 0 spiro atoms. The Morgan fingerprint density at radius 3 is 2.54 bits per heavy atom. The fraction of sp³-hybridized carbons (Fsp3) is 0.200. The summed E-state index contributed by atoms with van der Waals surface area (Å²) in [5.74, 6) is 0.636. The number of hydrogen-bond acceptors (Lipinski definition) is 4. The molecule has 1 N–H and O–H groups in total. The van der Waals surface area contributed by atoms with Crippen molar-refractivity contribution in [3.63, 3.8) is 0 Å². The molecule has 2 aromatic carbocycles. The lowest BCUT2D eigenvalue weighted by Crippen LogP contribution is -2.10. The molecule has 4 rings (SSSR count). The van der Waals surface area contributed by atoms with Gasteiger partial charge < -0.3 is 4.57 Å². The van der Waals surface area contributed by atoms with Gasteiger partial charge in [-0.2, -0.15) is 5.21 Å². The maximum atomic E-state index is 4.75. The minimum absolute atomic E-state index is 0.0846. The van der Waals surface area contributed by atoms with Crippen LogP contribution in [0.4, 0.5) is 0 Å². The summed E-state index contributed by atoms with van der Waals surface area (Å²) in [4.78, 5) is 4.75. The maximum Gasteiger partial charge on any atom is 0.197 e. The van der Waals surface area contributed by atoms with E-state index in [-0.39, 0.29) is 6.04 Å². The molecule has 0 amide bonds. The van der Waals surface area contributed by atoms with E-state index in [1.807, 2.05) is 24.5 Å².